The fraction of sp³-hybridized carbons (Fsp3) is 0.387. The predicted octanol–water partition coefficient (Wildman–Crippen LogP) is 7.57. The molecule has 0 aromatic heterocycles. The Morgan fingerprint density at radius 2 is 1.64 bits per heavy atom. The molecule has 0 saturated heterocycles. The molecule has 4 rings (SSSR count). The monoisotopic (exact) mass is 492 g/mol. The Kier molecular flexibility index (Phi) is 11.0. The van der Waals surface area contributed by atoms with Crippen molar-refractivity contribution >= 4 is 6.29 Å². The molecule has 1 fully saturated rings. The van der Waals surface area contributed by atoms with E-state index in [9.17, 15) is 4.39 Å². The molecule has 3 aromatic rings. The van der Waals surface area contributed by atoms with E-state index < -0.39 is 0 Å². The van der Waals surface area contributed by atoms with Gasteiger partial charge in [-0.15, -0.1) is 0 Å². The molecule has 1 saturated carbocycles. The Balaban J connectivity index is 0.00000115. The predicted molar refractivity (Wildman–Crippen MR) is 142 cm³/mol. The molecule has 0 spiro atoms. The molecule has 0 N–H and O–H groups in total. The van der Waals surface area contributed by atoms with E-state index in [1.807, 2.05) is 24.3 Å². The quantitative estimate of drug-likeness (QED) is 0.289. The van der Waals surface area contributed by atoms with Crippen LogP contribution in [0.1, 0.15) is 57.1 Å². The van der Waals surface area contributed by atoms with E-state index >= 15 is 0 Å². The van der Waals surface area contributed by atoms with Gasteiger partial charge in [0.15, 0.2) is 0 Å². The van der Waals surface area contributed by atoms with Gasteiger partial charge in [-0.1, -0.05) is 43.7 Å². The van der Waals surface area contributed by atoms with E-state index in [2.05, 4.69) is 31.2 Å². The van der Waals surface area contributed by atoms with Crippen LogP contribution >= 0.6 is 0 Å². The molecule has 0 aliphatic heterocycles. The summed E-state index contributed by atoms with van der Waals surface area (Å²) in [6.45, 7) is 4.21. The van der Waals surface area contributed by atoms with Crippen LogP contribution in [0.5, 0.6) is 11.5 Å². The minimum atomic E-state index is -0.214. The highest BCUT2D eigenvalue weighted by atomic mass is 19.1. The SMILES string of the molecule is CC=O.CCCc1ccc(OC2CCC(OCc3cccc(OC)c3)CC2)cc1-c1cccc(F)c1. The summed E-state index contributed by atoms with van der Waals surface area (Å²) in [6, 6.07) is 21.1. The Morgan fingerprint density at radius 1 is 0.917 bits per heavy atom. The Hall–Kier alpha value is -3.18. The maximum Gasteiger partial charge on any atom is 0.123 e. The summed E-state index contributed by atoms with van der Waals surface area (Å²) >= 11 is 0. The lowest BCUT2D eigenvalue weighted by molar-refractivity contribution is -0.106. The molecule has 1 aliphatic rings. The number of aldehydes is 1. The van der Waals surface area contributed by atoms with E-state index in [-0.39, 0.29) is 18.0 Å². The number of halogens is 1. The molecule has 36 heavy (non-hydrogen) atoms. The van der Waals surface area contributed by atoms with Crippen molar-refractivity contribution < 1.29 is 23.4 Å². The van der Waals surface area contributed by atoms with Crippen LogP contribution in [0.25, 0.3) is 11.1 Å². The van der Waals surface area contributed by atoms with Gasteiger partial charge in [0.1, 0.15) is 23.6 Å². The van der Waals surface area contributed by atoms with Crippen LogP contribution < -0.4 is 9.47 Å². The zero-order chi connectivity index (χ0) is 25.8. The normalized spacial score (nSPS) is 17.0. The van der Waals surface area contributed by atoms with Crippen molar-refractivity contribution in [3.63, 3.8) is 0 Å². The topological polar surface area (TPSA) is 44.8 Å². The third-order valence-electron chi connectivity index (χ3n) is 6.28. The van der Waals surface area contributed by atoms with Crippen LogP contribution in [0.3, 0.4) is 0 Å². The number of hydrogen-bond acceptors (Lipinski definition) is 4. The lowest BCUT2D eigenvalue weighted by Crippen LogP contribution is -2.28. The van der Waals surface area contributed by atoms with E-state index in [0.717, 1.165) is 73.0 Å². The van der Waals surface area contributed by atoms with Crippen LogP contribution in [0.15, 0.2) is 66.7 Å². The number of hydrogen-bond donors (Lipinski definition) is 0. The van der Waals surface area contributed by atoms with Crippen LogP contribution in [0.2, 0.25) is 0 Å². The van der Waals surface area contributed by atoms with Gasteiger partial charge < -0.3 is 19.0 Å². The first-order valence-corrected chi connectivity index (χ1v) is 12.8. The van der Waals surface area contributed by atoms with E-state index in [1.54, 1.807) is 19.2 Å². The highest BCUT2D eigenvalue weighted by Gasteiger charge is 2.23. The molecule has 0 bridgehead atoms. The number of rotatable bonds is 9. The van der Waals surface area contributed by atoms with Crippen LogP contribution in [0, 0.1) is 5.82 Å². The number of benzene rings is 3. The molecule has 192 valence electrons. The summed E-state index contributed by atoms with van der Waals surface area (Å²) in [5, 5.41) is 0. The average Bonchev–Trinajstić information content (AvgIpc) is 2.90. The smallest absolute Gasteiger partial charge is 0.123 e. The summed E-state index contributed by atoms with van der Waals surface area (Å²) in [7, 11) is 1.68. The van der Waals surface area contributed by atoms with Gasteiger partial charge in [0.25, 0.3) is 0 Å². The highest BCUT2D eigenvalue weighted by Crippen LogP contribution is 2.32. The van der Waals surface area contributed by atoms with Crippen molar-refractivity contribution in [2.75, 3.05) is 7.11 Å². The van der Waals surface area contributed by atoms with Crippen molar-refractivity contribution in [1.82, 2.24) is 0 Å². The van der Waals surface area contributed by atoms with Gasteiger partial charge >= 0.3 is 0 Å². The van der Waals surface area contributed by atoms with Gasteiger partial charge in [-0.2, -0.15) is 0 Å². The van der Waals surface area contributed by atoms with Gasteiger partial charge in [0, 0.05) is 0 Å². The number of ether oxygens (including phenoxy) is 3. The summed E-state index contributed by atoms with van der Waals surface area (Å²) < 4.78 is 31.6. The Morgan fingerprint density at radius 3 is 2.33 bits per heavy atom. The van der Waals surface area contributed by atoms with E-state index in [0.29, 0.717) is 6.61 Å². The average molecular weight is 493 g/mol. The van der Waals surface area contributed by atoms with Crippen molar-refractivity contribution in [3.8, 4) is 22.6 Å². The van der Waals surface area contributed by atoms with E-state index in [4.69, 9.17) is 19.0 Å². The lowest BCUT2D eigenvalue weighted by atomic mass is 9.94. The minimum Gasteiger partial charge on any atom is -0.497 e. The Bertz CT molecular complexity index is 1090. The number of aryl methyl sites for hydroxylation is 1. The summed E-state index contributed by atoms with van der Waals surface area (Å²) in [6.07, 6.45) is 7.09. The number of methoxy groups -OCH3 is 1. The standard InChI is InChI=1S/C29H33FO3.C2H4O/c1-3-6-22-11-12-28(19-29(22)23-8-5-9-24(30)18-23)33-26-15-13-25(14-16-26)32-20-21-7-4-10-27(17-21)31-2;1-2-3/h4-5,7-12,17-19,25-26H,3,6,13-16,20H2,1-2H3;2H,1H3. The van der Waals surface area contributed by atoms with Crippen molar-refractivity contribution in [2.24, 2.45) is 0 Å². The second-order valence-electron chi connectivity index (χ2n) is 8.99. The van der Waals surface area contributed by atoms with E-state index in [1.165, 1.54) is 18.6 Å². The first-order valence-electron chi connectivity index (χ1n) is 12.8. The summed E-state index contributed by atoms with van der Waals surface area (Å²) in [5.74, 6) is 1.50. The fourth-order valence-electron chi connectivity index (χ4n) is 4.53. The lowest BCUT2D eigenvalue weighted by Gasteiger charge is -2.29. The largest absolute Gasteiger partial charge is 0.497 e. The van der Waals surface area contributed by atoms with Crippen molar-refractivity contribution in [1.29, 1.82) is 0 Å². The third kappa shape index (κ3) is 8.20. The summed E-state index contributed by atoms with van der Waals surface area (Å²) in [4.78, 5) is 8.81. The Labute approximate surface area is 214 Å². The molecule has 3 aromatic carbocycles. The van der Waals surface area contributed by atoms with Gasteiger partial charge in [-0.05, 0) is 97.7 Å². The first-order chi connectivity index (χ1) is 17.6. The molecule has 4 nitrogen and oxygen atoms in total. The molecule has 5 heteroatoms. The number of carbonyl (C=O) groups excluding carboxylic acids is 1. The minimum absolute atomic E-state index is 0.180. The molecular formula is C31H37FO4. The molecule has 0 atom stereocenters. The summed E-state index contributed by atoms with van der Waals surface area (Å²) in [5.41, 5.74) is 4.32. The highest BCUT2D eigenvalue weighted by molar-refractivity contribution is 5.69. The third-order valence-corrected chi connectivity index (χ3v) is 6.28. The molecule has 0 amide bonds. The fourth-order valence-corrected chi connectivity index (χ4v) is 4.53. The molecular weight excluding hydrogens is 455 g/mol. The zero-order valence-corrected chi connectivity index (χ0v) is 21.5. The van der Waals surface area contributed by atoms with Crippen LogP contribution in [-0.2, 0) is 22.6 Å². The van der Waals surface area contributed by atoms with Crippen molar-refractivity contribution in [3.05, 3.63) is 83.7 Å². The second kappa shape index (κ2) is 14.4. The van der Waals surface area contributed by atoms with Crippen molar-refractivity contribution in [2.45, 2.75) is 71.2 Å². The molecule has 0 unspecified atom stereocenters. The van der Waals surface area contributed by atoms with Gasteiger partial charge in [-0.3, -0.25) is 0 Å². The molecule has 1 aliphatic carbocycles. The van der Waals surface area contributed by atoms with Gasteiger partial charge in [0.05, 0.1) is 25.9 Å². The maximum atomic E-state index is 13.8. The number of carbonyl (C=O) groups is 1. The maximum absolute atomic E-state index is 13.8. The van der Waals surface area contributed by atoms with Gasteiger partial charge in [0.2, 0.25) is 0 Å². The molecule has 0 radical (unpaired) electrons. The molecule has 0 heterocycles. The van der Waals surface area contributed by atoms with Crippen LogP contribution in [-0.4, -0.2) is 25.6 Å². The first kappa shape index (κ1) is 27.4. The zero-order valence-electron chi connectivity index (χ0n) is 21.5. The van der Waals surface area contributed by atoms with Crippen LogP contribution in [0.4, 0.5) is 4.39 Å². The van der Waals surface area contributed by atoms with Gasteiger partial charge in [-0.25, -0.2) is 4.39 Å². The second-order valence-corrected chi connectivity index (χ2v) is 8.99.